The van der Waals surface area contributed by atoms with Gasteiger partial charge in [0.1, 0.15) is 5.76 Å². The van der Waals surface area contributed by atoms with E-state index in [1.807, 2.05) is 13.8 Å². The van der Waals surface area contributed by atoms with Crippen molar-refractivity contribution in [1.29, 1.82) is 0 Å². The SMILES string of the molecule is Cc1cc(NC(=O)CNC(C)C)no1. The second kappa shape index (κ2) is 4.76. The molecule has 5 nitrogen and oxygen atoms in total. The zero-order chi connectivity index (χ0) is 10.6. The van der Waals surface area contributed by atoms with Gasteiger partial charge in [-0.15, -0.1) is 0 Å². The summed E-state index contributed by atoms with van der Waals surface area (Å²) in [5, 5.41) is 9.26. The van der Waals surface area contributed by atoms with Crippen LogP contribution in [0.2, 0.25) is 0 Å². The maximum atomic E-state index is 11.3. The molecule has 1 aromatic rings. The molecule has 0 saturated carbocycles. The van der Waals surface area contributed by atoms with Gasteiger partial charge in [-0.25, -0.2) is 0 Å². The normalized spacial score (nSPS) is 10.6. The van der Waals surface area contributed by atoms with Gasteiger partial charge in [0.15, 0.2) is 5.82 Å². The third-order valence-electron chi connectivity index (χ3n) is 1.57. The van der Waals surface area contributed by atoms with Crippen molar-refractivity contribution in [3.8, 4) is 0 Å². The minimum Gasteiger partial charge on any atom is -0.360 e. The third kappa shape index (κ3) is 3.57. The van der Waals surface area contributed by atoms with Crippen LogP contribution in [0.5, 0.6) is 0 Å². The van der Waals surface area contributed by atoms with Gasteiger partial charge in [-0.3, -0.25) is 4.79 Å². The van der Waals surface area contributed by atoms with Gasteiger partial charge in [-0.05, 0) is 6.92 Å². The highest BCUT2D eigenvalue weighted by atomic mass is 16.5. The Morgan fingerprint density at radius 1 is 1.64 bits per heavy atom. The first-order valence-electron chi connectivity index (χ1n) is 4.54. The van der Waals surface area contributed by atoms with E-state index in [0.717, 1.165) is 0 Å². The number of aryl methyl sites for hydroxylation is 1. The molecule has 1 aromatic heterocycles. The molecule has 78 valence electrons. The highest BCUT2D eigenvalue weighted by Gasteiger charge is 2.05. The van der Waals surface area contributed by atoms with E-state index in [-0.39, 0.29) is 12.5 Å². The van der Waals surface area contributed by atoms with Gasteiger partial charge in [-0.2, -0.15) is 0 Å². The van der Waals surface area contributed by atoms with Crippen LogP contribution in [0, 0.1) is 6.92 Å². The summed E-state index contributed by atoms with van der Waals surface area (Å²) in [4.78, 5) is 11.3. The van der Waals surface area contributed by atoms with Gasteiger partial charge in [0.05, 0.1) is 6.54 Å². The van der Waals surface area contributed by atoms with E-state index in [1.54, 1.807) is 13.0 Å². The Morgan fingerprint density at radius 3 is 2.86 bits per heavy atom. The standard InChI is InChI=1S/C9H15N3O2/c1-6(2)10-5-9(13)11-8-4-7(3)14-12-8/h4,6,10H,5H2,1-3H3,(H,11,12,13). The molecule has 0 unspecified atom stereocenters. The average molecular weight is 197 g/mol. The number of hydrogen-bond donors (Lipinski definition) is 2. The maximum absolute atomic E-state index is 11.3. The van der Waals surface area contributed by atoms with E-state index in [1.165, 1.54) is 0 Å². The Kier molecular flexibility index (Phi) is 3.64. The van der Waals surface area contributed by atoms with Crippen LogP contribution in [0.15, 0.2) is 10.6 Å². The fraction of sp³-hybridized carbons (Fsp3) is 0.556. The summed E-state index contributed by atoms with van der Waals surface area (Å²) in [6.45, 7) is 6.01. The molecule has 0 atom stereocenters. The summed E-state index contributed by atoms with van der Waals surface area (Å²) in [7, 11) is 0. The molecule has 0 radical (unpaired) electrons. The van der Waals surface area contributed by atoms with Crippen LogP contribution in [0.4, 0.5) is 5.82 Å². The summed E-state index contributed by atoms with van der Waals surface area (Å²) in [6.07, 6.45) is 0. The smallest absolute Gasteiger partial charge is 0.239 e. The molecule has 0 aromatic carbocycles. The van der Waals surface area contributed by atoms with Gasteiger partial charge in [0.2, 0.25) is 5.91 Å². The maximum Gasteiger partial charge on any atom is 0.239 e. The van der Waals surface area contributed by atoms with Gasteiger partial charge in [-0.1, -0.05) is 19.0 Å². The number of nitrogens with zero attached hydrogens (tertiary/aromatic N) is 1. The summed E-state index contributed by atoms with van der Waals surface area (Å²) in [5.41, 5.74) is 0. The van der Waals surface area contributed by atoms with Crippen LogP contribution in [0.3, 0.4) is 0 Å². The zero-order valence-corrected chi connectivity index (χ0v) is 8.63. The van der Waals surface area contributed by atoms with Gasteiger partial charge in [0, 0.05) is 12.1 Å². The molecule has 1 amide bonds. The minimum atomic E-state index is -0.119. The molecule has 0 saturated heterocycles. The molecule has 0 bridgehead atoms. The van der Waals surface area contributed by atoms with Crippen LogP contribution in [-0.4, -0.2) is 23.7 Å². The Bertz CT molecular complexity index is 307. The van der Waals surface area contributed by atoms with Crippen LogP contribution in [0.25, 0.3) is 0 Å². The molecule has 0 fully saturated rings. The summed E-state index contributed by atoms with van der Waals surface area (Å²) < 4.78 is 4.81. The number of nitrogens with one attached hydrogen (secondary N) is 2. The fourth-order valence-corrected chi connectivity index (χ4v) is 0.909. The number of hydrogen-bond acceptors (Lipinski definition) is 4. The first-order chi connectivity index (χ1) is 6.58. The van der Waals surface area contributed by atoms with Crippen molar-refractivity contribution in [1.82, 2.24) is 10.5 Å². The van der Waals surface area contributed by atoms with Crippen LogP contribution in [0.1, 0.15) is 19.6 Å². The minimum absolute atomic E-state index is 0.119. The quantitative estimate of drug-likeness (QED) is 0.753. The Hall–Kier alpha value is -1.36. The molecule has 1 heterocycles. The van der Waals surface area contributed by atoms with E-state index < -0.39 is 0 Å². The van der Waals surface area contributed by atoms with Crippen molar-refractivity contribution in [3.63, 3.8) is 0 Å². The number of carbonyl (C=O) groups is 1. The fourth-order valence-electron chi connectivity index (χ4n) is 0.909. The average Bonchev–Trinajstić information content (AvgIpc) is 2.48. The Balaban J connectivity index is 2.34. The molecule has 0 spiro atoms. The third-order valence-corrected chi connectivity index (χ3v) is 1.57. The van der Waals surface area contributed by atoms with E-state index >= 15 is 0 Å². The van der Waals surface area contributed by atoms with E-state index in [9.17, 15) is 4.79 Å². The Morgan fingerprint density at radius 2 is 2.36 bits per heavy atom. The molecule has 0 aliphatic rings. The molecule has 1 rings (SSSR count). The number of rotatable bonds is 4. The number of amides is 1. The van der Waals surface area contributed by atoms with Gasteiger partial charge >= 0.3 is 0 Å². The highest BCUT2D eigenvalue weighted by Crippen LogP contribution is 2.06. The monoisotopic (exact) mass is 197 g/mol. The summed E-state index contributed by atoms with van der Waals surface area (Å²) >= 11 is 0. The van der Waals surface area contributed by atoms with Gasteiger partial charge in [0.25, 0.3) is 0 Å². The first-order valence-corrected chi connectivity index (χ1v) is 4.54. The zero-order valence-electron chi connectivity index (χ0n) is 8.63. The van der Waals surface area contributed by atoms with E-state index in [4.69, 9.17) is 4.52 Å². The van der Waals surface area contributed by atoms with Crippen LogP contribution in [-0.2, 0) is 4.79 Å². The van der Waals surface area contributed by atoms with Crippen molar-refractivity contribution in [2.75, 3.05) is 11.9 Å². The molecular weight excluding hydrogens is 182 g/mol. The van der Waals surface area contributed by atoms with Crippen LogP contribution >= 0.6 is 0 Å². The Labute approximate surface area is 82.8 Å². The molecular formula is C9H15N3O2. The largest absolute Gasteiger partial charge is 0.360 e. The van der Waals surface area contributed by atoms with E-state index in [2.05, 4.69) is 15.8 Å². The molecule has 14 heavy (non-hydrogen) atoms. The van der Waals surface area contributed by atoms with Crippen molar-refractivity contribution in [2.24, 2.45) is 0 Å². The lowest BCUT2D eigenvalue weighted by Gasteiger charge is -2.06. The van der Waals surface area contributed by atoms with Crippen molar-refractivity contribution in [2.45, 2.75) is 26.8 Å². The second-order valence-electron chi connectivity index (χ2n) is 3.41. The molecule has 0 aliphatic carbocycles. The molecule has 0 aliphatic heterocycles. The predicted octanol–water partition coefficient (Wildman–Crippen LogP) is 0.920. The lowest BCUT2D eigenvalue weighted by Crippen LogP contribution is -2.32. The highest BCUT2D eigenvalue weighted by molar-refractivity contribution is 5.91. The number of anilines is 1. The number of carbonyl (C=O) groups excluding carboxylic acids is 1. The lowest BCUT2D eigenvalue weighted by molar-refractivity contribution is -0.115. The first kappa shape index (κ1) is 10.7. The second-order valence-corrected chi connectivity index (χ2v) is 3.41. The predicted molar refractivity (Wildman–Crippen MR) is 53.0 cm³/mol. The number of aromatic nitrogens is 1. The van der Waals surface area contributed by atoms with Crippen molar-refractivity contribution in [3.05, 3.63) is 11.8 Å². The van der Waals surface area contributed by atoms with Gasteiger partial charge < -0.3 is 15.2 Å². The van der Waals surface area contributed by atoms with Crippen molar-refractivity contribution >= 4 is 11.7 Å². The topological polar surface area (TPSA) is 67.2 Å². The lowest BCUT2D eigenvalue weighted by atomic mass is 10.4. The van der Waals surface area contributed by atoms with Crippen molar-refractivity contribution < 1.29 is 9.32 Å². The molecule has 5 heteroatoms. The van der Waals surface area contributed by atoms with Crippen LogP contribution < -0.4 is 10.6 Å². The summed E-state index contributed by atoms with van der Waals surface area (Å²) in [5.74, 6) is 1.02. The molecule has 2 N–H and O–H groups in total. The summed E-state index contributed by atoms with van der Waals surface area (Å²) in [6, 6.07) is 1.97. The van der Waals surface area contributed by atoms with E-state index in [0.29, 0.717) is 17.6 Å².